The number of nitrogens with zero attached hydrogens (tertiary/aromatic N) is 7. The average Bonchev–Trinajstić information content (AvgIpc) is 1.61. The summed E-state index contributed by atoms with van der Waals surface area (Å²) in [6.45, 7) is 40.0. The molecule has 0 aliphatic carbocycles. The highest BCUT2D eigenvalue weighted by atomic mass is 15.4. The van der Waals surface area contributed by atoms with Gasteiger partial charge in [0.05, 0.1) is 57.4 Å². The maximum atomic E-state index is 5.75. The zero-order chi connectivity index (χ0) is 83.9. The van der Waals surface area contributed by atoms with Crippen LogP contribution in [0.15, 0.2) is 200 Å². The van der Waals surface area contributed by atoms with E-state index < -0.39 is 0 Å². The van der Waals surface area contributed by atoms with E-state index in [-0.39, 0.29) is 10.8 Å². The molecule has 594 valence electrons. The van der Waals surface area contributed by atoms with E-state index in [1.54, 1.807) is 0 Å². The van der Waals surface area contributed by atoms with E-state index in [0.717, 1.165) is 196 Å². The van der Waals surface area contributed by atoms with Crippen molar-refractivity contribution in [1.29, 1.82) is 0 Å². The number of rotatable bonds is 10. The molecular formula is C110H99N11. The third-order valence-electron chi connectivity index (χ3n) is 24.7. The lowest BCUT2D eigenvalue weighted by molar-refractivity contribution is 0.590. The fourth-order valence-corrected chi connectivity index (χ4v) is 19.4. The molecule has 0 saturated heterocycles. The van der Waals surface area contributed by atoms with Crippen molar-refractivity contribution in [2.24, 2.45) is 0 Å². The minimum Gasteiger partial charge on any atom is -0.354 e. The third kappa shape index (κ3) is 13.9. The molecule has 0 unspecified atom stereocenters. The number of aryl methyl sites for hydroxylation is 12. The van der Waals surface area contributed by atoms with Gasteiger partial charge in [-0.2, -0.15) is 0 Å². The predicted molar refractivity (Wildman–Crippen MR) is 509 cm³/mol. The van der Waals surface area contributed by atoms with Crippen LogP contribution in [-0.2, 0) is 10.8 Å². The number of H-pyrrole nitrogens is 4. The third-order valence-corrected chi connectivity index (χ3v) is 24.7. The number of nitrogens with one attached hydrogen (secondary N) is 4. The maximum absolute atomic E-state index is 5.75. The first-order valence-electron chi connectivity index (χ1n) is 42.1. The van der Waals surface area contributed by atoms with Crippen LogP contribution in [0, 0.1) is 83.1 Å². The number of aromatic amines is 4. The van der Waals surface area contributed by atoms with Gasteiger partial charge in [0.2, 0.25) is 0 Å². The molecule has 15 aromatic rings. The van der Waals surface area contributed by atoms with E-state index in [4.69, 9.17) is 30.2 Å². The molecule has 7 aromatic heterocycles. The van der Waals surface area contributed by atoms with Gasteiger partial charge in [-0.05, 0) is 303 Å². The van der Waals surface area contributed by atoms with Crippen LogP contribution >= 0.6 is 0 Å². The van der Waals surface area contributed by atoms with E-state index in [1.165, 1.54) is 77.9 Å². The molecule has 0 atom stereocenters. The average molecular weight is 1580 g/mol. The van der Waals surface area contributed by atoms with Crippen molar-refractivity contribution in [3.8, 4) is 106 Å². The van der Waals surface area contributed by atoms with Crippen molar-refractivity contribution >= 4 is 92.7 Å². The molecule has 16 bridgehead atoms. The highest BCUT2D eigenvalue weighted by Crippen LogP contribution is 2.46. The topological polar surface area (TPSA) is 145 Å². The molecule has 11 heterocycles. The second-order valence-electron chi connectivity index (χ2n) is 35.9. The molecule has 0 spiro atoms. The van der Waals surface area contributed by atoms with E-state index in [0.29, 0.717) is 0 Å². The Kier molecular flexibility index (Phi) is 18.8. The van der Waals surface area contributed by atoms with Crippen molar-refractivity contribution in [1.82, 2.24) is 54.9 Å². The molecule has 8 aromatic carbocycles. The van der Waals surface area contributed by atoms with Gasteiger partial charge in [-0.15, -0.1) is 5.10 Å². The molecule has 4 aliphatic heterocycles. The van der Waals surface area contributed by atoms with Crippen molar-refractivity contribution < 1.29 is 0 Å². The molecule has 4 N–H and O–H groups in total. The predicted octanol–water partition coefficient (Wildman–Crippen LogP) is 28.5. The zero-order valence-corrected chi connectivity index (χ0v) is 72.3. The van der Waals surface area contributed by atoms with Crippen LogP contribution in [-0.4, -0.2) is 54.9 Å². The maximum Gasteiger partial charge on any atom is 0.113 e. The lowest BCUT2D eigenvalue weighted by atomic mass is 9.86. The van der Waals surface area contributed by atoms with Crippen molar-refractivity contribution in [3.63, 3.8) is 0 Å². The minimum absolute atomic E-state index is 0.0162. The molecule has 19 rings (SSSR count). The van der Waals surface area contributed by atoms with E-state index in [9.17, 15) is 0 Å². The van der Waals surface area contributed by atoms with Gasteiger partial charge in [0, 0.05) is 94.2 Å². The SMILES string of the molecule is Cc1cc(C)c(-c2c3nc(c(-c4ccc(C(C)(C)C)cc4)c4ccc([nH]4)c(-c4c(C)cc(C)cc4C)c4nc(c(-c5ccc(-c6cn(-c7ccc(-c8c9nc(c(-c%10c(C)cc(C)cc%10C)c%10ccc([nH]%10)c(-c%10ccc(C(C)(C)C)cc%10)c%10nc(c(-c%11c(C)cc(C)cc%11C)c%11ccc8[nH]%11)C=C%10)C=C9)cc7)nn6)cc5)c5ccc2[nH]5)C=C4)C=C3)c(C)c1. The Morgan fingerprint density at radius 3 is 0.678 bits per heavy atom. The minimum atomic E-state index is -0.0163. The molecule has 11 nitrogen and oxygen atoms in total. The summed E-state index contributed by atoms with van der Waals surface area (Å²) in [4.78, 5) is 39.0. The van der Waals surface area contributed by atoms with E-state index in [1.807, 2.05) is 10.9 Å². The van der Waals surface area contributed by atoms with Crippen LogP contribution in [0.5, 0.6) is 0 Å². The molecule has 121 heavy (non-hydrogen) atoms. The van der Waals surface area contributed by atoms with Gasteiger partial charge in [-0.1, -0.05) is 202 Å². The Morgan fingerprint density at radius 2 is 0.438 bits per heavy atom. The first kappa shape index (κ1) is 77.0. The molecule has 11 heteroatoms. The van der Waals surface area contributed by atoms with Gasteiger partial charge >= 0.3 is 0 Å². The quantitative estimate of drug-likeness (QED) is 0.107. The van der Waals surface area contributed by atoms with Crippen LogP contribution in [0.3, 0.4) is 0 Å². The fraction of sp³-hybridized carbons (Fsp3) is 0.182. The Balaban J connectivity index is 0.751. The number of hydrogen-bond donors (Lipinski definition) is 4. The van der Waals surface area contributed by atoms with Gasteiger partial charge in [0.15, 0.2) is 0 Å². The van der Waals surface area contributed by atoms with Crippen LogP contribution in [0.4, 0.5) is 0 Å². The first-order valence-corrected chi connectivity index (χ1v) is 42.1. The van der Waals surface area contributed by atoms with Crippen molar-refractivity contribution in [3.05, 3.63) is 324 Å². The highest BCUT2D eigenvalue weighted by Gasteiger charge is 2.27. The Bertz CT molecular complexity index is 6720. The fourth-order valence-electron chi connectivity index (χ4n) is 19.4. The Hall–Kier alpha value is -13.9. The summed E-state index contributed by atoms with van der Waals surface area (Å²) in [7, 11) is 0. The van der Waals surface area contributed by atoms with Crippen LogP contribution in [0.1, 0.15) is 165 Å². The Morgan fingerprint density at radius 1 is 0.231 bits per heavy atom. The zero-order valence-electron chi connectivity index (χ0n) is 72.3. The van der Waals surface area contributed by atoms with Gasteiger partial charge in [0.25, 0.3) is 0 Å². The van der Waals surface area contributed by atoms with Gasteiger partial charge in [-0.3, -0.25) is 0 Å². The molecule has 0 radical (unpaired) electrons. The number of hydrogen-bond acceptors (Lipinski definition) is 6. The molecule has 0 saturated carbocycles. The van der Waals surface area contributed by atoms with Crippen molar-refractivity contribution in [2.75, 3.05) is 0 Å². The largest absolute Gasteiger partial charge is 0.354 e. The van der Waals surface area contributed by atoms with Crippen LogP contribution in [0.2, 0.25) is 0 Å². The van der Waals surface area contributed by atoms with Crippen LogP contribution < -0.4 is 0 Å². The molecule has 0 fully saturated rings. The summed E-state index contributed by atoms with van der Waals surface area (Å²) >= 11 is 0. The monoisotopic (exact) mass is 1570 g/mol. The van der Waals surface area contributed by atoms with Gasteiger partial charge in [0.1, 0.15) is 5.69 Å². The smallest absolute Gasteiger partial charge is 0.113 e. The van der Waals surface area contributed by atoms with Gasteiger partial charge < -0.3 is 19.9 Å². The number of fused-ring (bicyclic) bond motifs is 16. The lowest BCUT2D eigenvalue weighted by Crippen LogP contribution is -2.10. The van der Waals surface area contributed by atoms with E-state index in [2.05, 4.69) is 387 Å². The second kappa shape index (κ2) is 29.6. The summed E-state index contributed by atoms with van der Waals surface area (Å²) in [6, 6.07) is 71.4. The van der Waals surface area contributed by atoms with E-state index >= 15 is 0 Å². The molecule has 4 aliphatic rings. The summed E-state index contributed by atoms with van der Waals surface area (Å²) in [5.74, 6) is 0. The number of benzene rings is 8. The first-order chi connectivity index (χ1) is 58.1. The van der Waals surface area contributed by atoms with Gasteiger partial charge in [-0.25, -0.2) is 24.6 Å². The summed E-state index contributed by atoms with van der Waals surface area (Å²) in [6.07, 6.45) is 19.5. The lowest BCUT2D eigenvalue weighted by Gasteiger charge is -2.19. The number of aromatic nitrogens is 11. The van der Waals surface area contributed by atoms with Crippen LogP contribution in [0.25, 0.3) is 199 Å². The summed E-state index contributed by atoms with van der Waals surface area (Å²) < 4.78 is 1.86. The second-order valence-corrected chi connectivity index (χ2v) is 35.9. The molecular weight excluding hydrogens is 1480 g/mol. The normalized spacial score (nSPS) is 12.6. The summed E-state index contributed by atoms with van der Waals surface area (Å²) in [5, 5.41) is 9.72. The molecule has 0 amide bonds. The van der Waals surface area contributed by atoms with Crippen molar-refractivity contribution in [2.45, 2.75) is 135 Å². The Labute approximate surface area is 708 Å². The standard InChI is InChI=1S/C110H99N11/c1-60-51-64(5)97(65(6)52-60)105-88-43-35-80(111-88)101(81-36-44-89(112-81)106(98-66(7)53-61(2)54-67(98)8)91-46-38-83(114-91)102(82-37-45-90(105)113-82)74-23-29-77(30-24-74)109(13,14)15)73-21-19-72(20-22-73)96-59-121(120-119-96)79-33-27-76(28-34-79)104-86-41-49-94(117-86)107(99-68(9)55-62(3)56-69(99)10)92-47-39-84(115-92)103(75-25-31-78(32-26-75)110(16,17)18)85-40-48-93(116-85)108(95-50-42-87(104)118-95)100-70(11)57-63(4)58-71(100)12/h19-59,111,114-115,118H,1-18H3. The highest BCUT2D eigenvalue weighted by molar-refractivity contribution is 6.04. The summed E-state index contributed by atoms with van der Waals surface area (Å²) in [5.41, 5.74) is 50.6.